The highest BCUT2D eigenvalue weighted by atomic mass is 32.1. The SMILES string of the molecule is COCCN1C(=O)Cc2c(C)nc([C@]3(C)CCCN3Cc3scnc3C)nc21. The molecular formula is C20H27N5O2S. The number of anilines is 1. The van der Waals surface area contributed by atoms with E-state index in [1.807, 2.05) is 12.4 Å². The average Bonchev–Trinajstić information content (AvgIpc) is 3.33. The Balaban J connectivity index is 1.68. The summed E-state index contributed by atoms with van der Waals surface area (Å²) in [4.78, 5) is 32.2. The molecule has 150 valence electrons. The number of likely N-dealkylation sites (tertiary alicyclic amines) is 1. The highest BCUT2D eigenvalue weighted by Gasteiger charge is 2.43. The van der Waals surface area contributed by atoms with E-state index in [1.165, 1.54) is 4.88 Å². The summed E-state index contributed by atoms with van der Waals surface area (Å²) in [5, 5.41) is 0. The molecule has 1 fully saturated rings. The van der Waals surface area contributed by atoms with Gasteiger partial charge in [-0.1, -0.05) is 0 Å². The van der Waals surface area contributed by atoms with Gasteiger partial charge >= 0.3 is 0 Å². The Morgan fingerprint density at radius 1 is 1.29 bits per heavy atom. The van der Waals surface area contributed by atoms with E-state index in [1.54, 1.807) is 23.3 Å². The minimum absolute atomic E-state index is 0.0790. The second-order valence-electron chi connectivity index (χ2n) is 7.81. The first-order chi connectivity index (χ1) is 13.4. The summed E-state index contributed by atoms with van der Waals surface area (Å²) in [6, 6.07) is 0. The maximum atomic E-state index is 12.5. The largest absolute Gasteiger partial charge is 0.383 e. The number of carbonyl (C=O) groups excluding carboxylic acids is 1. The smallest absolute Gasteiger partial charge is 0.232 e. The van der Waals surface area contributed by atoms with E-state index in [-0.39, 0.29) is 11.4 Å². The molecule has 0 spiro atoms. The number of carbonyl (C=O) groups is 1. The van der Waals surface area contributed by atoms with Gasteiger partial charge in [-0.15, -0.1) is 11.3 Å². The number of amides is 1. The molecule has 0 saturated carbocycles. The predicted octanol–water partition coefficient (Wildman–Crippen LogP) is 2.60. The van der Waals surface area contributed by atoms with Crippen molar-refractivity contribution in [1.82, 2.24) is 19.9 Å². The summed E-state index contributed by atoms with van der Waals surface area (Å²) >= 11 is 1.70. The molecule has 0 aliphatic carbocycles. The molecule has 0 bridgehead atoms. The Kier molecular flexibility index (Phi) is 5.20. The normalized spacial score (nSPS) is 22.3. The van der Waals surface area contributed by atoms with Crippen LogP contribution in [-0.4, -0.2) is 52.6 Å². The zero-order chi connectivity index (χ0) is 19.9. The Morgan fingerprint density at radius 2 is 2.11 bits per heavy atom. The number of fused-ring (bicyclic) bond motifs is 1. The van der Waals surface area contributed by atoms with Crippen molar-refractivity contribution in [1.29, 1.82) is 0 Å². The Labute approximate surface area is 169 Å². The van der Waals surface area contributed by atoms with Crippen LogP contribution in [0.4, 0.5) is 5.82 Å². The lowest BCUT2D eigenvalue weighted by Gasteiger charge is -2.34. The minimum atomic E-state index is -0.241. The fraction of sp³-hybridized carbons (Fsp3) is 0.600. The fourth-order valence-corrected chi connectivity index (χ4v) is 5.00. The Morgan fingerprint density at radius 3 is 2.82 bits per heavy atom. The summed E-state index contributed by atoms with van der Waals surface area (Å²) in [5.74, 6) is 1.67. The van der Waals surface area contributed by atoms with Crippen molar-refractivity contribution >= 4 is 23.1 Å². The molecule has 2 aliphatic heterocycles. The van der Waals surface area contributed by atoms with Gasteiger partial charge in [0.05, 0.1) is 36.3 Å². The van der Waals surface area contributed by atoms with Crippen LogP contribution in [0.3, 0.4) is 0 Å². The third-order valence-corrected chi connectivity index (χ3v) is 6.97. The number of aromatic nitrogens is 3. The zero-order valence-corrected chi connectivity index (χ0v) is 17.8. The van der Waals surface area contributed by atoms with Crippen LogP contribution in [0.1, 0.15) is 47.4 Å². The van der Waals surface area contributed by atoms with Crippen LogP contribution in [0.2, 0.25) is 0 Å². The van der Waals surface area contributed by atoms with Crippen LogP contribution in [0, 0.1) is 13.8 Å². The topological polar surface area (TPSA) is 71.5 Å². The van der Waals surface area contributed by atoms with Crippen LogP contribution in [0.25, 0.3) is 0 Å². The molecule has 8 heteroatoms. The molecule has 1 saturated heterocycles. The Bertz CT molecular complexity index is 899. The zero-order valence-electron chi connectivity index (χ0n) is 17.0. The molecular weight excluding hydrogens is 374 g/mol. The summed E-state index contributed by atoms with van der Waals surface area (Å²) in [6.07, 6.45) is 2.50. The summed E-state index contributed by atoms with van der Waals surface area (Å²) in [5.41, 5.74) is 4.63. The number of methoxy groups -OCH3 is 1. The van der Waals surface area contributed by atoms with Gasteiger partial charge in [0.25, 0.3) is 0 Å². The molecule has 28 heavy (non-hydrogen) atoms. The second kappa shape index (κ2) is 7.50. The molecule has 0 unspecified atom stereocenters. The molecule has 4 rings (SSSR count). The predicted molar refractivity (Wildman–Crippen MR) is 109 cm³/mol. The molecule has 1 atom stereocenters. The standard InChI is InChI=1S/C20H27N5O2S/c1-13-15-10-17(26)25(8-9-27-4)18(15)23-19(22-13)20(3)6-5-7-24(20)11-16-14(2)21-12-28-16/h12H,5-11H2,1-4H3/t20-/m0/s1. The molecule has 2 aromatic rings. The third kappa shape index (κ3) is 3.23. The van der Waals surface area contributed by atoms with Gasteiger partial charge < -0.3 is 4.74 Å². The van der Waals surface area contributed by atoms with Crippen molar-refractivity contribution in [3.63, 3.8) is 0 Å². The van der Waals surface area contributed by atoms with E-state index >= 15 is 0 Å². The van der Waals surface area contributed by atoms with E-state index in [2.05, 4.69) is 23.7 Å². The quantitative estimate of drug-likeness (QED) is 0.741. The lowest BCUT2D eigenvalue weighted by molar-refractivity contribution is -0.117. The van der Waals surface area contributed by atoms with Crippen molar-refractivity contribution in [2.75, 3.05) is 31.7 Å². The van der Waals surface area contributed by atoms with Crippen molar-refractivity contribution in [2.24, 2.45) is 0 Å². The maximum Gasteiger partial charge on any atom is 0.232 e. The Hall–Kier alpha value is -1.90. The maximum absolute atomic E-state index is 12.5. The number of hydrogen-bond acceptors (Lipinski definition) is 7. The monoisotopic (exact) mass is 401 g/mol. The number of hydrogen-bond donors (Lipinski definition) is 0. The van der Waals surface area contributed by atoms with Crippen molar-refractivity contribution in [2.45, 2.75) is 52.1 Å². The number of ether oxygens (including phenoxy) is 1. The molecule has 0 N–H and O–H groups in total. The molecule has 1 amide bonds. The number of thiazole rings is 1. The lowest BCUT2D eigenvalue weighted by Crippen LogP contribution is -2.40. The molecule has 2 aromatic heterocycles. The minimum Gasteiger partial charge on any atom is -0.383 e. The molecule has 0 aromatic carbocycles. The summed E-state index contributed by atoms with van der Waals surface area (Å²) < 4.78 is 5.18. The van der Waals surface area contributed by atoms with Gasteiger partial charge in [-0.25, -0.2) is 15.0 Å². The highest BCUT2D eigenvalue weighted by Crippen LogP contribution is 2.40. The molecule has 4 heterocycles. The van der Waals surface area contributed by atoms with Crippen molar-refractivity contribution < 1.29 is 9.53 Å². The summed E-state index contributed by atoms with van der Waals surface area (Å²) in [7, 11) is 1.65. The van der Waals surface area contributed by atoms with E-state index in [0.717, 1.165) is 54.5 Å². The third-order valence-electron chi connectivity index (χ3n) is 6.05. The van der Waals surface area contributed by atoms with E-state index in [4.69, 9.17) is 14.7 Å². The van der Waals surface area contributed by atoms with Crippen LogP contribution < -0.4 is 4.90 Å². The van der Waals surface area contributed by atoms with Gasteiger partial charge in [0.15, 0.2) is 5.82 Å². The summed E-state index contributed by atoms with van der Waals surface area (Å²) in [6.45, 7) is 9.18. The fourth-order valence-electron chi connectivity index (χ4n) is 4.21. The number of nitrogens with zero attached hydrogens (tertiary/aromatic N) is 5. The van der Waals surface area contributed by atoms with E-state index < -0.39 is 0 Å². The van der Waals surface area contributed by atoms with E-state index in [0.29, 0.717) is 19.6 Å². The number of rotatable bonds is 6. The highest BCUT2D eigenvalue weighted by molar-refractivity contribution is 7.09. The molecule has 7 nitrogen and oxygen atoms in total. The van der Waals surface area contributed by atoms with Gasteiger partial charge in [-0.05, 0) is 40.2 Å². The van der Waals surface area contributed by atoms with Crippen LogP contribution in [0.15, 0.2) is 5.51 Å². The second-order valence-corrected chi connectivity index (χ2v) is 8.75. The van der Waals surface area contributed by atoms with Gasteiger partial charge in [0.2, 0.25) is 5.91 Å². The van der Waals surface area contributed by atoms with Crippen molar-refractivity contribution in [3.8, 4) is 0 Å². The molecule has 2 aliphatic rings. The van der Waals surface area contributed by atoms with Crippen LogP contribution in [-0.2, 0) is 28.0 Å². The van der Waals surface area contributed by atoms with Crippen molar-refractivity contribution in [3.05, 3.63) is 33.2 Å². The average molecular weight is 402 g/mol. The molecule has 0 radical (unpaired) electrons. The van der Waals surface area contributed by atoms with Crippen LogP contribution >= 0.6 is 11.3 Å². The number of aryl methyl sites for hydroxylation is 2. The van der Waals surface area contributed by atoms with Crippen LogP contribution in [0.5, 0.6) is 0 Å². The first kappa shape index (κ1) is 19.4. The lowest BCUT2D eigenvalue weighted by atomic mass is 9.97. The first-order valence-electron chi connectivity index (χ1n) is 9.75. The van der Waals surface area contributed by atoms with Gasteiger partial charge in [-0.2, -0.15) is 0 Å². The van der Waals surface area contributed by atoms with E-state index in [9.17, 15) is 4.79 Å². The van der Waals surface area contributed by atoms with Gasteiger partial charge in [0.1, 0.15) is 5.82 Å². The first-order valence-corrected chi connectivity index (χ1v) is 10.6. The van der Waals surface area contributed by atoms with Gasteiger partial charge in [0, 0.05) is 29.8 Å². The van der Waals surface area contributed by atoms with Gasteiger partial charge in [-0.3, -0.25) is 14.6 Å².